The molecule has 0 aliphatic heterocycles. The van der Waals surface area contributed by atoms with E-state index in [0.717, 1.165) is 11.3 Å². The van der Waals surface area contributed by atoms with E-state index in [-0.39, 0.29) is 5.52 Å². The molecule has 0 aliphatic rings. The summed E-state index contributed by atoms with van der Waals surface area (Å²) in [6.45, 7) is 0. The van der Waals surface area contributed by atoms with Crippen LogP contribution in [0.5, 0.6) is 0 Å². The normalized spacial score (nSPS) is 12.1. The minimum atomic E-state index is -4.34. The fraction of sp³-hybridized carbons (Fsp3) is 0. The summed E-state index contributed by atoms with van der Waals surface area (Å²) in [7, 11) is -4.34. The summed E-state index contributed by atoms with van der Waals surface area (Å²) in [4.78, 5) is 3.49. The number of benzene rings is 1. The SMILES string of the molecule is O=S(=O)(O)c1nc2c(F)cccc2s1. The first-order chi connectivity index (χ1) is 6.48. The van der Waals surface area contributed by atoms with Gasteiger partial charge in [-0.05, 0) is 12.1 Å². The van der Waals surface area contributed by atoms with Crippen molar-refractivity contribution in [2.24, 2.45) is 0 Å². The molecule has 0 bridgehead atoms. The summed E-state index contributed by atoms with van der Waals surface area (Å²) < 4.78 is 43.0. The molecule has 0 fully saturated rings. The third-order valence-electron chi connectivity index (χ3n) is 1.57. The topological polar surface area (TPSA) is 67.3 Å². The maximum absolute atomic E-state index is 13.1. The molecule has 1 heterocycles. The Hall–Kier alpha value is -1.05. The van der Waals surface area contributed by atoms with Crippen LogP contribution in [-0.2, 0) is 10.1 Å². The molecule has 14 heavy (non-hydrogen) atoms. The van der Waals surface area contributed by atoms with Crippen molar-refractivity contribution in [1.82, 2.24) is 4.98 Å². The van der Waals surface area contributed by atoms with Gasteiger partial charge in [-0.2, -0.15) is 8.42 Å². The van der Waals surface area contributed by atoms with Crippen LogP contribution < -0.4 is 0 Å². The van der Waals surface area contributed by atoms with Gasteiger partial charge in [0.1, 0.15) is 11.3 Å². The Morgan fingerprint density at radius 3 is 2.71 bits per heavy atom. The van der Waals surface area contributed by atoms with Gasteiger partial charge in [0.05, 0.1) is 4.70 Å². The molecule has 7 heteroatoms. The van der Waals surface area contributed by atoms with Crippen LogP contribution in [0.2, 0.25) is 0 Å². The molecule has 2 rings (SSSR count). The number of fused-ring (bicyclic) bond motifs is 1. The van der Waals surface area contributed by atoms with Gasteiger partial charge in [-0.1, -0.05) is 6.07 Å². The van der Waals surface area contributed by atoms with Crippen molar-refractivity contribution < 1.29 is 17.4 Å². The van der Waals surface area contributed by atoms with Gasteiger partial charge in [-0.3, -0.25) is 4.55 Å². The second kappa shape index (κ2) is 2.97. The number of aromatic nitrogens is 1. The third-order valence-corrected chi connectivity index (χ3v) is 3.80. The van der Waals surface area contributed by atoms with Crippen molar-refractivity contribution in [3.05, 3.63) is 24.0 Å². The fourth-order valence-electron chi connectivity index (χ4n) is 1.00. The van der Waals surface area contributed by atoms with Crippen molar-refractivity contribution in [2.75, 3.05) is 0 Å². The zero-order chi connectivity index (χ0) is 10.3. The Labute approximate surface area is 82.8 Å². The Morgan fingerprint density at radius 2 is 2.14 bits per heavy atom. The zero-order valence-corrected chi connectivity index (χ0v) is 8.27. The van der Waals surface area contributed by atoms with Gasteiger partial charge in [0.25, 0.3) is 0 Å². The lowest BCUT2D eigenvalue weighted by Crippen LogP contribution is -1.96. The lowest BCUT2D eigenvalue weighted by molar-refractivity contribution is 0.482. The van der Waals surface area contributed by atoms with Crippen molar-refractivity contribution in [3.8, 4) is 0 Å². The monoisotopic (exact) mass is 233 g/mol. The molecule has 0 radical (unpaired) electrons. The van der Waals surface area contributed by atoms with Gasteiger partial charge in [0.2, 0.25) is 4.34 Å². The van der Waals surface area contributed by atoms with Crippen molar-refractivity contribution in [2.45, 2.75) is 4.34 Å². The van der Waals surface area contributed by atoms with Crippen LogP contribution in [0.1, 0.15) is 0 Å². The summed E-state index contributed by atoms with van der Waals surface area (Å²) in [6.07, 6.45) is 0. The molecule has 0 aliphatic carbocycles. The maximum atomic E-state index is 13.1. The molecular weight excluding hydrogens is 229 g/mol. The van der Waals surface area contributed by atoms with E-state index in [4.69, 9.17) is 4.55 Å². The molecule has 0 saturated carbocycles. The highest BCUT2D eigenvalue weighted by molar-refractivity contribution is 7.88. The Balaban J connectivity index is 2.81. The molecule has 0 atom stereocenters. The minimum Gasteiger partial charge on any atom is -0.280 e. The number of nitrogens with zero attached hydrogens (tertiary/aromatic N) is 1. The van der Waals surface area contributed by atoms with Crippen LogP contribution in [0.3, 0.4) is 0 Å². The molecule has 0 amide bonds. The first-order valence-electron chi connectivity index (χ1n) is 3.51. The van der Waals surface area contributed by atoms with Crippen LogP contribution in [0.25, 0.3) is 10.2 Å². The molecule has 74 valence electrons. The third kappa shape index (κ3) is 1.49. The fourth-order valence-corrected chi connectivity index (χ4v) is 2.61. The average Bonchev–Trinajstić information content (AvgIpc) is 2.48. The standard InChI is InChI=1S/C7H4FNO3S2/c8-4-2-1-3-5-6(4)9-7(13-5)14(10,11)12/h1-3H,(H,10,11,12). The Morgan fingerprint density at radius 1 is 1.43 bits per heavy atom. The van der Waals surface area contributed by atoms with E-state index in [1.807, 2.05) is 0 Å². The van der Waals surface area contributed by atoms with Crippen LogP contribution in [0.4, 0.5) is 4.39 Å². The smallest absolute Gasteiger partial charge is 0.280 e. The highest BCUT2D eigenvalue weighted by atomic mass is 32.3. The van der Waals surface area contributed by atoms with E-state index >= 15 is 0 Å². The van der Waals surface area contributed by atoms with Gasteiger partial charge in [-0.15, -0.1) is 11.3 Å². The highest BCUT2D eigenvalue weighted by Gasteiger charge is 2.17. The molecule has 0 saturated heterocycles. The number of para-hydroxylation sites is 1. The predicted octanol–water partition coefficient (Wildman–Crippen LogP) is 1.68. The average molecular weight is 233 g/mol. The lowest BCUT2D eigenvalue weighted by atomic mass is 10.3. The Bertz CT molecular complexity index is 590. The van der Waals surface area contributed by atoms with E-state index in [0.29, 0.717) is 4.70 Å². The summed E-state index contributed by atoms with van der Waals surface area (Å²) >= 11 is 0.729. The molecule has 1 N–H and O–H groups in total. The minimum absolute atomic E-state index is 0.0369. The van der Waals surface area contributed by atoms with Gasteiger partial charge in [-0.25, -0.2) is 9.37 Å². The van der Waals surface area contributed by atoms with E-state index in [1.165, 1.54) is 18.2 Å². The number of halogens is 1. The van der Waals surface area contributed by atoms with Crippen LogP contribution in [0.15, 0.2) is 22.5 Å². The second-order valence-corrected chi connectivity index (χ2v) is 5.17. The lowest BCUT2D eigenvalue weighted by Gasteiger charge is -1.86. The summed E-state index contributed by atoms with van der Waals surface area (Å²) in [5.41, 5.74) is -0.0369. The molecule has 1 aromatic heterocycles. The van der Waals surface area contributed by atoms with E-state index < -0.39 is 20.3 Å². The van der Waals surface area contributed by atoms with Crippen LogP contribution in [-0.4, -0.2) is 18.0 Å². The van der Waals surface area contributed by atoms with E-state index in [9.17, 15) is 12.8 Å². The number of rotatable bonds is 1. The summed E-state index contributed by atoms with van der Waals surface area (Å²) in [5.74, 6) is -0.603. The highest BCUT2D eigenvalue weighted by Crippen LogP contribution is 2.26. The van der Waals surface area contributed by atoms with Gasteiger partial charge >= 0.3 is 10.1 Å². The van der Waals surface area contributed by atoms with Gasteiger partial charge in [0, 0.05) is 0 Å². The van der Waals surface area contributed by atoms with E-state index in [2.05, 4.69) is 4.98 Å². The quantitative estimate of drug-likeness (QED) is 0.761. The largest absolute Gasteiger partial charge is 0.322 e. The molecule has 2 aromatic rings. The molecule has 4 nitrogen and oxygen atoms in total. The van der Waals surface area contributed by atoms with Gasteiger partial charge < -0.3 is 0 Å². The summed E-state index contributed by atoms with van der Waals surface area (Å²) in [5, 5.41) is 0. The zero-order valence-electron chi connectivity index (χ0n) is 6.64. The number of hydrogen-bond donors (Lipinski definition) is 1. The van der Waals surface area contributed by atoms with Crippen molar-refractivity contribution in [1.29, 1.82) is 0 Å². The second-order valence-electron chi connectivity index (χ2n) is 2.54. The Kier molecular flexibility index (Phi) is 2.02. The molecule has 0 unspecified atom stereocenters. The van der Waals surface area contributed by atoms with Crippen LogP contribution in [0, 0.1) is 5.82 Å². The van der Waals surface area contributed by atoms with Crippen molar-refractivity contribution in [3.63, 3.8) is 0 Å². The van der Waals surface area contributed by atoms with Crippen molar-refractivity contribution >= 4 is 31.7 Å². The number of thiazole rings is 1. The van der Waals surface area contributed by atoms with Gasteiger partial charge in [0.15, 0.2) is 0 Å². The molecule has 1 aromatic carbocycles. The maximum Gasteiger partial charge on any atom is 0.322 e. The molecule has 0 spiro atoms. The first kappa shape index (κ1) is 9.50. The van der Waals surface area contributed by atoms with E-state index in [1.54, 1.807) is 0 Å². The predicted molar refractivity (Wildman–Crippen MR) is 49.4 cm³/mol. The number of hydrogen-bond acceptors (Lipinski definition) is 4. The summed E-state index contributed by atoms with van der Waals surface area (Å²) in [6, 6.07) is 4.16. The molecular formula is C7H4FNO3S2. The first-order valence-corrected chi connectivity index (χ1v) is 5.77. The van der Waals surface area contributed by atoms with Crippen LogP contribution >= 0.6 is 11.3 Å².